The van der Waals surface area contributed by atoms with E-state index in [2.05, 4.69) is 43.2 Å². The van der Waals surface area contributed by atoms with Crippen LogP contribution in [0.1, 0.15) is 44.4 Å². The Morgan fingerprint density at radius 2 is 2.11 bits per heavy atom. The molecular formula is C15H25N3. The van der Waals surface area contributed by atoms with Gasteiger partial charge in [0.15, 0.2) is 0 Å². The molecule has 0 bridgehead atoms. The second-order valence-electron chi connectivity index (χ2n) is 5.26. The van der Waals surface area contributed by atoms with Gasteiger partial charge in [-0.25, -0.2) is 4.98 Å². The van der Waals surface area contributed by atoms with E-state index in [1.54, 1.807) is 0 Å². The number of hydrogen-bond acceptors (Lipinski definition) is 3. The second kappa shape index (κ2) is 6.19. The van der Waals surface area contributed by atoms with E-state index in [0.29, 0.717) is 0 Å². The highest BCUT2D eigenvalue weighted by atomic mass is 15.2. The first-order valence-corrected chi connectivity index (χ1v) is 7.17. The Balaban J connectivity index is 2.09. The van der Waals surface area contributed by atoms with E-state index in [0.717, 1.165) is 37.8 Å². The van der Waals surface area contributed by atoms with E-state index < -0.39 is 0 Å². The molecule has 3 nitrogen and oxygen atoms in total. The van der Waals surface area contributed by atoms with Crippen molar-refractivity contribution < 1.29 is 0 Å². The summed E-state index contributed by atoms with van der Waals surface area (Å²) >= 11 is 0. The van der Waals surface area contributed by atoms with Crippen LogP contribution < -0.4 is 10.2 Å². The van der Waals surface area contributed by atoms with Gasteiger partial charge in [-0.15, -0.1) is 0 Å². The molecule has 0 radical (unpaired) electrons. The maximum absolute atomic E-state index is 4.71. The Hall–Kier alpha value is -1.09. The summed E-state index contributed by atoms with van der Waals surface area (Å²) < 4.78 is 0. The van der Waals surface area contributed by atoms with E-state index in [4.69, 9.17) is 4.98 Å². The fraction of sp³-hybridized carbons (Fsp3) is 0.667. The van der Waals surface area contributed by atoms with Crippen LogP contribution in [-0.4, -0.2) is 24.6 Å². The summed E-state index contributed by atoms with van der Waals surface area (Å²) in [4.78, 5) is 6.96. The lowest BCUT2D eigenvalue weighted by atomic mass is 10.2. The zero-order valence-electron chi connectivity index (χ0n) is 11.9. The SMILES string of the molecule is CCCN(C)c1cc(CNC2CC2)cc(CC)n1. The molecule has 0 aliphatic heterocycles. The number of aryl methyl sites for hydroxylation is 1. The molecule has 18 heavy (non-hydrogen) atoms. The molecule has 1 heterocycles. The summed E-state index contributed by atoms with van der Waals surface area (Å²) in [7, 11) is 2.13. The van der Waals surface area contributed by atoms with Crippen LogP contribution in [0.15, 0.2) is 12.1 Å². The predicted molar refractivity (Wildman–Crippen MR) is 77.0 cm³/mol. The highest BCUT2D eigenvalue weighted by molar-refractivity contribution is 5.42. The molecule has 0 aromatic carbocycles. The van der Waals surface area contributed by atoms with Crippen molar-refractivity contribution in [3.8, 4) is 0 Å². The van der Waals surface area contributed by atoms with Gasteiger partial charge < -0.3 is 10.2 Å². The summed E-state index contributed by atoms with van der Waals surface area (Å²) in [6.07, 6.45) is 4.84. The standard InChI is InChI=1S/C15H25N3/c1-4-8-18(3)15-10-12(9-13(5-2)17-15)11-16-14-6-7-14/h9-10,14,16H,4-8,11H2,1-3H3. The Bertz CT molecular complexity index is 385. The van der Waals surface area contributed by atoms with Crippen LogP contribution in [-0.2, 0) is 13.0 Å². The predicted octanol–water partition coefficient (Wildman–Crippen LogP) is 2.74. The molecule has 0 atom stereocenters. The van der Waals surface area contributed by atoms with Gasteiger partial charge in [-0.3, -0.25) is 0 Å². The number of pyridine rings is 1. The van der Waals surface area contributed by atoms with E-state index in [1.807, 2.05) is 0 Å². The summed E-state index contributed by atoms with van der Waals surface area (Å²) in [5.74, 6) is 1.11. The Morgan fingerprint density at radius 3 is 2.72 bits per heavy atom. The Kier molecular flexibility index (Phi) is 4.59. The quantitative estimate of drug-likeness (QED) is 0.803. The maximum atomic E-state index is 4.71. The number of hydrogen-bond donors (Lipinski definition) is 1. The number of nitrogens with zero attached hydrogens (tertiary/aromatic N) is 2. The van der Waals surface area contributed by atoms with Crippen molar-refractivity contribution in [3.05, 3.63) is 23.4 Å². The van der Waals surface area contributed by atoms with Gasteiger partial charge in [-0.2, -0.15) is 0 Å². The van der Waals surface area contributed by atoms with Crippen molar-refractivity contribution in [2.75, 3.05) is 18.5 Å². The average Bonchev–Trinajstić information content (AvgIpc) is 3.20. The van der Waals surface area contributed by atoms with Crippen LogP contribution in [0.4, 0.5) is 5.82 Å². The highest BCUT2D eigenvalue weighted by Crippen LogP contribution is 2.20. The summed E-state index contributed by atoms with van der Waals surface area (Å²) in [6, 6.07) is 5.23. The van der Waals surface area contributed by atoms with E-state index in [1.165, 1.54) is 24.1 Å². The van der Waals surface area contributed by atoms with Crippen LogP contribution >= 0.6 is 0 Å². The zero-order valence-corrected chi connectivity index (χ0v) is 11.9. The van der Waals surface area contributed by atoms with Crippen molar-refractivity contribution in [1.82, 2.24) is 10.3 Å². The summed E-state index contributed by atoms with van der Waals surface area (Å²) in [6.45, 7) is 6.42. The largest absolute Gasteiger partial charge is 0.360 e. The van der Waals surface area contributed by atoms with Crippen molar-refractivity contribution in [2.45, 2.75) is 52.1 Å². The minimum absolute atomic E-state index is 0.764. The normalized spacial score (nSPS) is 14.8. The van der Waals surface area contributed by atoms with Gasteiger partial charge in [0.2, 0.25) is 0 Å². The van der Waals surface area contributed by atoms with Gasteiger partial charge >= 0.3 is 0 Å². The van der Waals surface area contributed by atoms with Crippen LogP contribution in [0.5, 0.6) is 0 Å². The van der Waals surface area contributed by atoms with Crippen molar-refractivity contribution >= 4 is 5.82 Å². The molecule has 1 N–H and O–H groups in total. The average molecular weight is 247 g/mol. The molecule has 0 saturated heterocycles. The molecule has 3 heteroatoms. The van der Waals surface area contributed by atoms with Gasteiger partial charge in [0, 0.05) is 31.9 Å². The second-order valence-corrected chi connectivity index (χ2v) is 5.26. The van der Waals surface area contributed by atoms with E-state index in [-0.39, 0.29) is 0 Å². The van der Waals surface area contributed by atoms with Gasteiger partial charge in [0.25, 0.3) is 0 Å². The Labute approximate surface area is 111 Å². The number of rotatable bonds is 7. The Morgan fingerprint density at radius 1 is 1.33 bits per heavy atom. The molecule has 1 aliphatic carbocycles. The first-order valence-electron chi connectivity index (χ1n) is 7.17. The molecule has 1 aromatic rings. The zero-order chi connectivity index (χ0) is 13.0. The lowest BCUT2D eigenvalue weighted by Crippen LogP contribution is -2.21. The molecule has 1 aromatic heterocycles. The summed E-state index contributed by atoms with van der Waals surface area (Å²) in [5, 5.41) is 3.58. The third-order valence-electron chi connectivity index (χ3n) is 3.41. The molecule has 2 rings (SSSR count). The molecule has 100 valence electrons. The fourth-order valence-corrected chi connectivity index (χ4v) is 2.11. The third kappa shape index (κ3) is 3.70. The fourth-order valence-electron chi connectivity index (χ4n) is 2.11. The third-order valence-corrected chi connectivity index (χ3v) is 3.41. The maximum Gasteiger partial charge on any atom is 0.128 e. The lowest BCUT2D eigenvalue weighted by molar-refractivity contribution is 0.685. The topological polar surface area (TPSA) is 28.2 Å². The van der Waals surface area contributed by atoms with Crippen molar-refractivity contribution in [3.63, 3.8) is 0 Å². The van der Waals surface area contributed by atoms with Gasteiger partial charge in [-0.05, 0) is 43.4 Å². The van der Waals surface area contributed by atoms with Gasteiger partial charge in [0.05, 0.1) is 0 Å². The van der Waals surface area contributed by atoms with Crippen LogP contribution in [0.25, 0.3) is 0 Å². The molecule has 0 unspecified atom stereocenters. The molecule has 1 saturated carbocycles. The van der Waals surface area contributed by atoms with E-state index in [9.17, 15) is 0 Å². The minimum atomic E-state index is 0.764. The van der Waals surface area contributed by atoms with Gasteiger partial charge in [-0.1, -0.05) is 13.8 Å². The van der Waals surface area contributed by atoms with Crippen molar-refractivity contribution in [2.24, 2.45) is 0 Å². The minimum Gasteiger partial charge on any atom is -0.360 e. The lowest BCUT2D eigenvalue weighted by Gasteiger charge is -2.19. The molecule has 1 fully saturated rings. The first-order chi connectivity index (χ1) is 8.72. The molecule has 1 aliphatic rings. The monoisotopic (exact) mass is 247 g/mol. The van der Waals surface area contributed by atoms with Crippen molar-refractivity contribution in [1.29, 1.82) is 0 Å². The van der Waals surface area contributed by atoms with Crippen LogP contribution in [0.3, 0.4) is 0 Å². The van der Waals surface area contributed by atoms with E-state index >= 15 is 0 Å². The molecule has 0 spiro atoms. The number of nitrogens with one attached hydrogen (secondary N) is 1. The highest BCUT2D eigenvalue weighted by Gasteiger charge is 2.20. The molecule has 0 amide bonds. The number of aromatic nitrogens is 1. The summed E-state index contributed by atoms with van der Waals surface area (Å²) in [5.41, 5.74) is 2.56. The van der Waals surface area contributed by atoms with Crippen LogP contribution in [0.2, 0.25) is 0 Å². The first kappa shape index (κ1) is 13.3. The van der Waals surface area contributed by atoms with Crippen LogP contribution in [0, 0.1) is 0 Å². The number of anilines is 1. The molecular weight excluding hydrogens is 222 g/mol. The smallest absolute Gasteiger partial charge is 0.128 e. The van der Waals surface area contributed by atoms with Gasteiger partial charge in [0.1, 0.15) is 5.82 Å².